The van der Waals surface area contributed by atoms with E-state index in [9.17, 15) is 9.59 Å². The molecule has 0 aliphatic carbocycles. The number of carbonyl (C=O) groups is 1. The largest absolute Gasteiger partial charge is 0.359 e. The quantitative estimate of drug-likeness (QED) is 0.666. The summed E-state index contributed by atoms with van der Waals surface area (Å²) in [4.78, 5) is 41.1. The number of anilines is 1. The van der Waals surface area contributed by atoms with Gasteiger partial charge < -0.3 is 10.6 Å². The van der Waals surface area contributed by atoms with Gasteiger partial charge in [0, 0.05) is 13.6 Å². The number of amides is 1. The first kappa shape index (κ1) is 17.8. The van der Waals surface area contributed by atoms with Crippen molar-refractivity contribution >= 4 is 23.0 Å². The summed E-state index contributed by atoms with van der Waals surface area (Å²) in [5.74, 6) is 0.297. The maximum atomic E-state index is 12.1. The van der Waals surface area contributed by atoms with Crippen molar-refractivity contribution in [3.05, 3.63) is 22.2 Å². The highest BCUT2D eigenvalue weighted by molar-refractivity contribution is 5.78. The number of rotatable bonds is 7. The molecule has 0 fully saturated rings. The summed E-state index contributed by atoms with van der Waals surface area (Å²) in [6.45, 7) is 4.81. The molecule has 2 aromatic heterocycles. The van der Waals surface area contributed by atoms with Crippen LogP contribution in [0, 0.1) is 0 Å². The number of fused-ring (bicyclic) bond motifs is 1. The zero-order valence-corrected chi connectivity index (χ0v) is 14.4. The Bertz CT molecular complexity index is 774. The minimum Gasteiger partial charge on any atom is -0.359 e. The summed E-state index contributed by atoms with van der Waals surface area (Å²) in [5, 5.41) is 5.60. The standard InChI is InChI=1S/C15H23N7O2/c1-5-6-17-11(23)8-22(4)9(2)10-7-18-13-12(19-10)14(24)21-15(16-3)20-13/h7,9H,5-6,8H2,1-4H3,(H,17,23)(H2,16,18,20,21,24). The Hall–Kier alpha value is -2.55. The Morgan fingerprint density at radius 3 is 2.83 bits per heavy atom. The Kier molecular flexibility index (Phi) is 5.80. The van der Waals surface area contributed by atoms with Gasteiger partial charge in [-0.25, -0.2) is 9.97 Å². The van der Waals surface area contributed by atoms with E-state index < -0.39 is 0 Å². The van der Waals surface area contributed by atoms with Crippen molar-refractivity contribution < 1.29 is 4.79 Å². The molecule has 0 aliphatic rings. The highest BCUT2D eigenvalue weighted by atomic mass is 16.2. The van der Waals surface area contributed by atoms with Crippen LogP contribution < -0.4 is 16.2 Å². The lowest BCUT2D eigenvalue weighted by molar-refractivity contribution is -0.122. The van der Waals surface area contributed by atoms with Gasteiger partial charge in [0.15, 0.2) is 11.2 Å². The molecule has 9 nitrogen and oxygen atoms in total. The number of H-pyrrole nitrogens is 1. The molecule has 2 aromatic rings. The van der Waals surface area contributed by atoms with Crippen LogP contribution in [0.1, 0.15) is 32.0 Å². The smallest absolute Gasteiger partial charge is 0.280 e. The molecule has 0 bridgehead atoms. The number of hydrogen-bond donors (Lipinski definition) is 3. The number of carbonyl (C=O) groups excluding carboxylic acids is 1. The zero-order valence-electron chi connectivity index (χ0n) is 14.4. The third-order valence-corrected chi connectivity index (χ3v) is 3.73. The molecule has 1 unspecified atom stereocenters. The molecule has 0 aliphatic heterocycles. The van der Waals surface area contributed by atoms with Crippen LogP contribution in [0.15, 0.2) is 11.0 Å². The van der Waals surface area contributed by atoms with Crippen LogP contribution in [0.25, 0.3) is 11.2 Å². The lowest BCUT2D eigenvalue weighted by atomic mass is 10.2. The normalized spacial score (nSPS) is 12.4. The third-order valence-electron chi connectivity index (χ3n) is 3.73. The maximum absolute atomic E-state index is 12.1. The molecule has 0 saturated carbocycles. The molecule has 1 atom stereocenters. The first-order valence-corrected chi connectivity index (χ1v) is 7.88. The predicted molar refractivity (Wildman–Crippen MR) is 91.8 cm³/mol. The second-order valence-corrected chi connectivity index (χ2v) is 5.57. The summed E-state index contributed by atoms with van der Waals surface area (Å²) < 4.78 is 0. The zero-order chi connectivity index (χ0) is 17.7. The predicted octanol–water partition coefficient (Wildman–Crippen LogP) is 0.274. The minimum absolute atomic E-state index is 0.0434. The van der Waals surface area contributed by atoms with Crippen molar-refractivity contribution in [2.75, 3.05) is 32.5 Å². The lowest BCUT2D eigenvalue weighted by Crippen LogP contribution is -2.37. The van der Waals surface area contributed by atoms with Crippen LogP contribution in [-0.4, -0.2) is 57.9 Å². The van der Waals surface area contributed by atoms with Crippen LogP contribution in [0.5, 0.6) is 0 Å². The van der Waals surface area contributed by atoms with E-state index in [0.29, 0.717) is 18.2 Å². The van der Waals surface area contributed by atoms with E-state index in [-0.39, 0.29) is 35.2 Å². The molecule has 1 amide bonds. The number of nitrogens with one attached hydrogen (secondary N) is 3. The van der Waals surface area contributed by atoms with E-state index in [4.69, 9.17) is 0 Å². The van der Waals surface area contributed by atoms with Gasteiger partial charge in [0.2, 0.25) is 11.9 Å². The number of aromatic amines is 1. The first-order chi connectivity index (χ1) is 11.5. The SMILES string of the molecule is CCCNC(=O)CN(C)C(C)c1cnc2nc(NC)[nH]c(=O)c2n1. The molecule has 9 heteroatoms. The lowest BCUT2D eigenvalue weighted by Gasteiger charge is -2.23. The van der Waals surface area contributed by atoms with Gasteiger partial charge in [0.1, 0.15) is 0 Å². The molecule has 0 saturated heterocycles. The van der Waals surface area contributed by atoms with Gasteiger partial charge in [0.05, 0.1) is 24.5 Å². The second-order valence-electron chi connectivity index (χ2n) is 5.57. The highest BCUT2D eigenvalue weighted by Crippen LogP contribution is 2.16. The third kappa shape index (κ3) is 4.05. The van der Waals surface area contributed by atoms with Gasteiger partial charge in [-0.3, -0.25) is 19.5 Å². The molecule has 2 heterocycles. The molecule has 130 valence electrons. The maximum Gasteiger partial charge on any atom is 0.280 e. The van der Waals surface area contributed by atoms with Gasteiger partial charge in [0.25, 0.3) is 5.56 Å². The number of likely N-dealkylation sites (N-methyl/N-ethyl adjacent to an activating group) is 1. The van der Waals surface area contributed by atoms with E-state index in [2.05, 4.69) is 30.6 Å². The fourth-order valence-electron chi connectivity index (χ4n) is 2.16. The van der Waals surface area contributed by atoms with Crippen LogP contribution in [-0.2, 0) is 4.79 Å². The minimum atomic E-state index is -0.353. The van der Waals surface area contributed by atoms with Gasteiger partial charge >= 0.3 is 0 Å². The Labute approximate surface area is 139 Å². The molecule has 2 rings (SSSR count). The molecule has 0 radical (unpaired) electrons. The first-order valence-electron chi connectivity index (χ1n) is 7.88. The van der Waals surface area contributed by atoms with Gasteiger partial charge in [-0.2, -0.15) is 4.98 Å². The molecule has 0 spiro atoms. The number of aromatic nitrogens is 4. The fraction of sp³-hybridized carbons (Fsp3) is 0.533. The van der Waals surface area contributed by atoms with Crippen molar-refractivity contribution in [1.82, 2.24) is 30.2 Å². The average molecular weight is 333 g/mol. The van der Waals surface area contributed by atoms with Crippen molar-refractivity contribution in [3.63, 3.8) is 0 Å². The van der Waals surface area contributed by atoms with E-state index in [1.165, 1.54) is 0 Å². The monoisotopic (exact) mass is 333 g/mol. The Balaban J connectivity index is 2.20. The van der Waals surface area contributed by atoms with Gasteiger partial charge in [-0.1, -0.05) is 6.92 Å². The Morgan fingerprint density at radius 2 is 2.17 bits per heavy atom. The van der Waals surface area contributed by atoms with Crippen LogP contribution in [0.4, 0.5) is 5.95 Å². The van der Waals surface area contributed by atoms with Crippen LogP contribution in [0.2, 0.25) is 0 Å². The van der Waals surface area contributed by atoms with E-state index in [0.717, 1.165) is 6.42 Å². The second kappa shape index (κ2) is 7.82. The number of nitrogens with zero attached hydrogens (tertiary/aromatic N) is 4. The molecule has 3 N–H and O–H groups in total. The van der Waals surface area contributed by atoms with E-state index in [1.54, 1.807) is 13.2 Å². The average Bonchev–Trinajstić information content (AvgIpc) is 2.58. The summed E-state index contributed by atoms with van der Waals surface area (Å²) in [7, 11) is 3.49. The fourth-order valence-corrected chi connectivity index (χ4v) is 2.16. The summed E-state index contributed by atoms with van der Waals surface area (Å²) in [6.07, 6.45) is 2.48. The topological polar surface area (TPSA) is 116 Å². The van der Waals surface area contributed by atoms with Gasteiger partial charge in [-0.05, 0) is 20.4 Å². The van der Waals surface area contributed by atoms with E-state index >= 15 is 0 Å². The van der Waals surface area contributed by atoms with Crippen molar-refractivity contribution in [1.29, 1.82) is 0 Å². The molecule has 0 aromatic carbocycles. The van der Waals surface area contributed by atoms with Crippen molar-refractivity contribution in [3.8, 4) is 0 Å². The molecular weight excluding hydrogens is 310 g/mol. The molecular formula is C15H23N7O2. The van der Waals surface area contributed by atoms with Crippen LogP contribution in [0.3, 0.4) is 0 Å². The van der Waals surface area contributed by atoms with Crippen LogP contribution >= 0.6 is 0 Å². The summed E-state index contributed by atoms with van der Waals surface area (Å²) >= 11 is 0. The van der Waals surface area contributed by atoms with Crippen molar-refractivity contribution in [2.24, 2.45) is 0 Å². The summed E-state index contributed by atoms with van der Waals surface area (Å²) in [6, 6.07) is -0.169. The van der Waals surface area contributed by atoms with Crippen molar-refractivity contribution in [2.45, 2.75) is 26.3 Å². The number of hydrogen-bond acceptors (Lipinski definition) is 7. The molecule has 24 heavy (non-hydrogen) atoms. The van der Waals surface area contributed by atoms with Gasteiger partial charge in [-0.15, -0.1) is 0 Å². The Morgan fingerprint density at radius 1 is 1.42 bits per heavy atom. The summed E-state index contributed by atoms with van der Waals surface area (Å²) in [5.41, 5.74) is 0.719. The van der Waals surface area contributed by atoms with E-state index in [1.807, 2.05) is 25.8 Å². The highest BCUT2D eigenvalue weighted by Gasteiger charge is 2.18.